The van der Waals surface area contributed by atoms with Gasteiger partial charge in [0.2, 0.25) is 0 Å². The number of nitrogens with one attached hydrogen (secondary N) is 1. The van der Waals surface area contributed by atoms with E-state index in [1.165, 1.54) is 12.8 Å². The van der Waals surface area contributed by atoms with E-state index < -0.39 is 0 Å². The molecule has 4 nitrogen and oxygen atoms in total. The molecule has 1 aliphatic heterocycles. The van der Waals surface area contributed by atoms with E-state index in [0.717, 1.165) is 18.1 Å². The molecule has 0 saturated carbocycles. The summed E-state index contributed by atoms with van der Waals surface area (Å²) in [6.07, 6.45) is 6.76. The van der Waals surface area contributed by atoms with Crippen LogP contribution in [0.15, 0.2) is 12.3 Å². The first-order valence-electron chi connectivity index (χ1n) is 4.32. The first kappa shape index (κ1) is 8.77. The third kappa shape index (κ3) is 2.32. The van der Waals surface area contributed by atoms with Gasteiger partial charge in [-0.3, -0.25) is 0 Å². The van der Waals surface area contributed by atoms with Gasteiger partial charge in [0, 0.05) is 24.6 Å². The van der Waals surface area contributed by atoms with E-state index in [0.29, 0.717) is 0 Å². The molecule has 1 radical (unpaired) electrons. The molecular weight excluding hydrogens is 184 g/mol. The number of rotatable bonds is 1. The predicted molar refractivity (Wildman–Crippen MR) is 53.0 cm³/mol. The molecule has 1 aromatic rings. The molecule has 5 heteroatoms. The summed E-state index contributed by atoms with van der Waals surface area (Å²) >= 11 is 1.75. The van der Waals surface area contributed by atoms with E-state index >= 15 is 0 Å². The van der Waals surface area contributed by atoms with Gasteiger partial charge in [-0.25, -0.2) is 19.8 Å². The van der Waals surface area contributed by atoms with Crippen molar-refractivity contribution in [2.24, 2.45) is 0 Å². The molecule has 1 fully saturated rings. The summed E-state index contributed by atoms with van der Waals surface area (Å²) in [5, 5.41) is 0. The van der Waals surface area contributed by atoms with Crippen LogP contribution in [0.3, 0.4) is 0 Å². The lowest BCUT2D eigenvalue weighted by molar-refractivity contribution is 0.690. The lowest BCUT2D eigenvalue weighted by atomic mass is 10.3. The monoisotopic (exact) mass is 195 g/mol. The van der Waals surface area contributed by atoms with Gasteiger partial charge in [-0.05, 0) is 24.8 Å². The Morgan fingerprint density at radius 2 is 2.54 bits per heavy atom. The highest BCUT2D eigenvalue weighted by Crippen LogP contribution is 2.19. The molecule has 13 heavy (non-hydrogen) atoms. The average molecular weight is 195 g/mol. The quantitative estimate of drug-likeness (QED) is 0.678. The van der Waals surface area contributed by atoms with Crippen LogP contribution in [0.1, 0.15) is 12.8 Å². The summed E-state index contributed by atoms with van der Waals surface area (Å²) in [6.45, 7) is 1.01. The van der Waals surface area contributed by atoms with Crippen molar-refractivity contribution in [2.75, 3.05) is 16.7 Å². The van der Waals surface area contributed by atoms with Crippen molar-refractivity contribution in [3.05, 3.63) is 18.6 Å². The fraction of sp³-hybridized carbons (Fsp3) is 0.500. The topological polar surface area (TPSA) is 41.1 Å². The minimum Gasteiger partial charge on any atom is -0.234 e. The molecule has 0 bridgehead atoms. The number of aromatic nitrogens is 2. The van der Waals surface area contributed by atoms with E-state index in [4.69, 9.17) is 0 Å². The summed E-state index contributed by atoms with van der Waals surface area (Å²) in [7, 11) is 0. The smallest absolute Gasteiger partial charge is 0.199 e. The minimum atomic E-state index is 0.877. The highest BCUT2D eigenvalue weighted by atomic mass is 32.2. The van der Waals surface area contributed by atoms with Gasteiger partial charge in [-0.15, -0.1) is 0 Å². The first-order chi connectivity index (χ1) is 6.47. The second-order valence-electron chi connectivity index (χ2n) is 2.76. The number of hydrogen-bond acceptors (Lipinski definition) is 5. The van der Waals surface area contributed by atoms with E-state index in [1.54, 1.807) is 18.1 Å². The molecule has 2 heterocycles. The zero-order valence-corrected chi connectivity index (χ0v) is 8.05. The molecule has 1 saturated heterocycles. The number of hydrazine groups is 1. The molecule has 0 atom stereocenters. The lowest BCUT2D eigenvalue weighted by Crippen LogP contribution is -2.32. The van der Waals surface area contributed by atoms with Gasteiger partial charge in [0.25, 0.3) is 0 Å². The van der Waals surface area contributed by atoms with Crippen LogP contribution in [0.5, 0.6) is 0 Å². The minimum absolute atomic E-state index is 0.877. The van der Waals surface area contributed by atoms with Crippen LogP contribution in [0, 0.1) is 6.33 Å². The Morgan fingerprint density at radius 1 is 1.54 bits per heavy atom. The molecule has 1 N–H and O–H groups in total. The average Bonchev–Trinajstić information content (AvgIpc) is 2.47. The molecular formula is C8H11N4S. The van der Waals surface area contributed by atoms with Crippen LogP contribution < -0.4 is 9.84 Å². The largest absolute Gasteiger partial charge is 0.234 e. The molecule has 1 aliphatic rings. The second-order valence-corrected chi connectivity index (χ2v) is 3.79. The molecule has 0 amide bonds. The van der Waals surface area contributed by atoms with Gasteiger partial charge < -0.3 is 0 Å². The fourth-order valence-corrected chi connectivity index (χ4v) is 2.06. The summed E-state index contributed by atoms with van der Waals surface area (Å²) in [5.74, 6) is 2.01. The Labute approximate surface area is 81.9 Å². The van der Waals surface area contributed by atoms with E-state index in [9.17, 15) is 0 Å². The zero-order valence-electron chi connectivity index (χ0n) is 7.23. The van der Waals surface area contributed by atoms with Crippen molar-refractivity contribution in [2.45, 2.75) is 12.8 Å². The Kier molecular flexibility index (Phi) is 2.99. The van der Waals surface area contributed by atoms with Crippen LogP contribution in [-0.4, -0.2) is 22.3 Å². The van der Waals surface area contributed by atoms with Gasteiger partial charge in [0.05, 0.1) is 0 Å². The second kappa shape index (κ2) is 4.43. The number of anilines is 1. The van der Waals surface area contributed by atoms with Crippen LogP contribution in [0.25, 0.3) is 0 Å². The maximum atomic E-state index is 4.05. The zero-order chi connectivity index (χ0) is 8.93. The normalized spacial score (nSPS) is 18.3. The van der Waals surface area contributed by atoms with Gasteiger partial charge in [-0.1, -0.05) is 0 Å². The first-order valence-corrected chi connectivity index (χ1v) is 5.27. The lowest BCUT2D eigenvalue weighted by Gasteiger charge is -2.19. The Balaban J connectivity index is 2.06. The standard InChI is InChI=1S/C8H11N4S/c1-2-6-13-12(11-4-1)8-3-5-9-7-10-8/h3,5,11H,1-2,4,6H2. The van der Waals surface area contributed by atoms with E-state index in [-0.39, 0.29) is 0 Å². The number of nitrogens with zero attached hydrogens (tertiary/aromatic N) is 3. The maximum Gasteiger partial charge on any atom is 0.199 e. The molecule has 0 unspecified atom stereocenters. The van der Waals surface area contributed by atoms with Crippen molar-refractivity contribution >= 4 is 17.8 Å². The van der Waals surface area contributed by atoms with E-state index in [1.807, 2.05) is 10.5 Å². The third-order valence-electron chi connectivity index (χ3n) is 1.78. The van der Waals surface area contributed by atoms with Crippen molar-refractivity contribution in [3.8, 4) is 0 Å². The van der Waals surface area contributed by atoms with Crippen molar-refractivity contribution < 1.29 is 0 Å². The van der Waals surface area contributed by atoms with Crippen LogP contribution >= 0.6 is 11.9 Å². The highest BCUT2D eigenvalue weighted by molar-refractivity contribution is 8.00. The summed E-state index contributed by atoms with van der Waals surface area (Å²) in [6, 6.07) is 1.88. The summed E-state index contributed by atoms with van der Waals surface area (Å²) < 4.78 is 1.99. The third-order valence-corrected chi connectivity index (χ3v) is 2.82. The highest BCUT2D eigenvalue weighted by Gasteiger charge is 2.10. The molecule has 0 aromatic carbocycles. The SMILES string of the molecule is [c]1nccc(N2NCCCCS2)n1. The fourth-order valence-electron chi connectivity index (χ4n) is 1.12. The molecule has 1 aromatic heterocycles. The van der Waals surface area contributed by atoms with Gasteiger partial charge >= 0.3 is 0 Å². The summed E-state index contributed by atoms with van der Waals surface area (Å²) in [4.78, 5) is 7.81. The van der Waals surface area contributed by atoms with E-state index in [2.05, 4.69) is 21.7 Å². The predicted octanol–water partition coefficient (Wildman–Crippen LogP) is 1.03. The van der Waals surface area contributed by atoms with Gasteiger partial charge in [-0.2, -0.15) is 0 Å². The van der Waals surface area contributed by atoms with Gasteiger partial charge in [0.15, 0.2) is 12.1 Å². The Morgan fingerprint density at radius 3 is 3.38 bits per heavy atom. The van der Waals surface area contributed by atoms with Crippen molar-refractivity contribution in [3.63, 3.8) is 0 Å². The van der Waals surface area contributed by atoms with Crippen LogP contribution in [-0.2, 0) is 0 Å². The molecule has 0 spiro atoms. The Bertz CT molecular complexity index is 246. The number of hydrogen-bond donors (Lipinski definition) is 1. The molecule has 0 aliphatic carbocycles. The van der Waals surface area contributed by atoms with Crippen LogP contribution in [0.2, 0.25) is 0 Å². The van der Waals surface area contributed by atoms with Gasteiger partial charge in [0.1, 0.15) is 0 Å². The molecule has 2 rings (SSSR count). The van der Waals surface area contributed by atoms with Crippen molar-refractivity contribution in [1.82, 2.24) is 15.4 Å². The van der Waals surface area contributed by atoms with Crippen molar-refractivity contribution in [1.29, 1.82) is 0 Å². The Hall–Kier alpha value is -0.810. The molecule has 69 valence electrons. The summed E-state index contributed by atoms with van der Waals surface area (Å²) in [5.41, 5.74) is 3.28. The maximum absolute atomic E-state index is 4.05. The van der Waals surface area contributed by atoms with Crippen LogP contribution in [0.4, 0.5) is 5.82 Å².